The summed E-state index contributed by atoms with van der Waals surface area (Å²) >= 11 is 0. The molecule has 2 aliphatic rings. The standard InChI is InChI=1S/C19H26N6O/c26-19(17-11-16-13-21-7-4-10-25(16)23-17)22-14-18(24-8-1-2-9-24)15-5-3-6-20-12-15/h3,5-6,11-12,18,21H,1-2,4,7-10,13-14H2,(H,22,26). The van der Waals surface area contributed by atoms with Gasteiger partial charge in [-0.3, -0.25) is 19.4 Å². The van der Waals surface area contributed by atoms with Crippen LogP contribution in [0.3, 0.4) is 0 Å². The molecule has 1 saturated heterocycles. The first-order valence-corrected chi connectivity index (χ1v) is 9.51. The number of pyridine rings is 1. The topological polar surface area (TPSA) is 75.1 Å². The first-order valence-electron chi connectivity index (χ1n) is 9.51. The van der Waals surface area contributed by atoms with E-state index in [1.54, 1.807) is 6.20 Å². The van der Waals surface area contributed by atoms with Crippen molar-refractivity contribution in [2.45, 2.75) is 38.4 Å². The molecular formula is C19H26N6O. The zero-order valence-corrected chi connectivity index (χ0v) is 15.0. The van der Waals surface area contributed by atoms with E-state index in [9.17, 15) is 4.79 Å². The molecule has 0 saturated carbocycles. The van der Waals surface area contributed by atoms with Gasteiger partial charge in [0.25, 0.3) is 5.91 Å². The number of rotatable bonds is 5. The molecule has 0 aliphatic carbocycles. The van der Waals surface area contributed by atoms with E-state index in [0.29, 0.717) is 12.2 Å². The van der Waals surface area contributed by atoms with Crippen molar-refractivity contribution >= 4 is 5.91 Å². The number of amides is 1. The van der Waals surface area contributed by atoms with Crippen molar-refractivity contribution in [1.29, 1.82) is 0 Å². The zero-order valence-electron chi connectivity index (χ0n) is 15.0. The highest BCUT2D eigenvalue weighted by Crippen LogP contribution is 2.24. The SMILES string of the molecule is O=C(NCC(c1cccnc1)N1CCCC1)c1cc2n(n1)CCCNC2. The van der Waals surface area contributed by atoms with Crippen LogP contribution in [0.1, 0.15) is 47.1 Å². The van der Waals surface area contributed by atoms with Crippen LogP contribution in [0.2, 0.25) is 0 Å². The van der Waals surface area contributed by atoms with E-state index < -0.39 is 0 Å². The Morgan fingerprint density at radius 1 is 1.27 bits per heavy atom. The Hall–Kier alpha value is -2.25. The van der Waals surface area contributed by atoms with Gasteiger partial charge in [0.15, 0.2) is 0 Å². The number of carbonyl (C=O) groups excluding carboxylic acids is 1. The molecule has 138 valence electrons. The van der Waals surface area contributed by atoms with Crippen molar-refractivity contribution in [3.8, 4) is 0 Å². The van der Waals surface area contributed by atoms with E-state index in [1.165, 1.54) is 12.8 Å². The van der Waals surface area contributed by atoms with Crippen LogP contribution in [0, 0.1) is 0 Å². The summed E-state index contributed by atoms with van der Waals surface area (Å²) in [6, 6.07) is 6.12. The fourth-order valence-corrected chi connectivity index (χ4v) is 3.84. The number of fused-ring (bicyclic) bond motifs is 1. The van der Waals surface area contributed by atoms with Crippen LogP contribution in [-0.4, -0.2) is 51.8 Å². The molecule has 1 amide bonds. The van der Waals surface area contributed by atoms with Gasteiger partial charge in [-0.25, -0.2) is 0 Å². The molecule has 1 unspecified atom stereocenters. The van der Waals surface area contributed by atoms with Crippen LogP contribution in [0.25, 0.3) is 0 Å². The summed E-state index contributed by atoms with van der Waals surface area (Å²) in [5.74, 6) is -0.0985. The van der Waals surface area contributed by atoms with Gasteiger partial charge < -0.3 is 10.6 Å². The van der Waals surface area contributed by atoms with E-state index >= 15 is 0 Å². The first kappa shape index (κ1) is 17.2. The highest BCUT2D eigenvalue weighted by Gasteiger charge is 2.25. The third-order valence-electron chi connectivity index (χ3n) is 5.23. The van der Waals surface area contributed by atoms with Gasteiger partial charge in [-0.15, -0.1) is 0 Å². The summed E-state index contributed by atoms with van der Waals surface area (Å²) < 4.78 is 1.95. The van der Waals surface area contributed by atoms with E-state index in [-0.39, 0.29) is 11.9 Å². The van der Waals surface area contributed by atoms with Crippen LogP contribution in [-0.2, 0) is 13.1 Å². The molecule has 26 heavy (non-hydrogen) atoms. The lowest BCUT2D eigenvalue weighted by Gasteiger charge is -2.27. The number of nitrogens with one attached hydrogen (secondary N) is 2. The largest absolute Gasteiger partial charge is 0.349 e. The molecule has 1 fully saturated rings. The lowest BCUT2D eigenvalue weighted by Crippen LogP contribution is -2.37. The number of aryl methyl sites for hydroxylation is 1. The van der Waals surface area contributed by atoms with Gasteiger partial charge in [0.05, 0.1) is 11.7 Å². The highest BCUT2D eigenvalue weighted by molar-refractivity contribution is 5.92. The molecule has 0 radical (unpaired) electrons. The highest BCUT2D eigenvalue weighted by atomic mass is 16.1. The second kappa shape index (κ2) is 7.97. The number of nitrogens with zero attached hydrogens (tertiary/aromatic N) is 4. The van der Waals surface area contributed by atoms with Gasteiger partial charge in [-0.2, -0.15) is 5.10 Å². The van der Waals surface area contributed by atoms with Crippen molar-refractivity contribution in [1.82, 2.24) is 30.3 Å². The Bertz CT molecular complexity index is 714. The number of likely N-dealkylation sites (tertiary alicyclic amines) is 1. The average Bonchev–Trinajstić information content (AvgIpc) is 3.29. The van der Waals surface area contributed by atoms with E-state index in [2.05, 4.69) is 31.7 Å². The lowest BCUT2D eigenvalue weighted by atomic mass is 10.1. The van der Waals surface area contributed by atoms with Gasteiger partial charge in [0.1, 0.15) is 5.69 Å². The molecule has 2 N–H and O–H groups in total. The van der Waals surface area contributed by atoms with Crippen LogP contribution >= 0.6 is 0 Å². The van der Waals surface area contributed by atoms with E-state index in [0.717, 1.165) is 50.4 Å². The molecule has 7 nitrogen and oxygen atoms in total. The maximum Gasteiger partial charge on any atom is 0.271 e. The summed E-state index contributed by atoms with van der Waals surface area (Å²) in [5, 5.41) is 11.0. The third-order valence-corrected chi connectivity index (χ3v) is 5.23. The van der Waals surface area contributed by atoms with Crippen molar-refractivity contribution < 1.29 is 4.79 Å². The molecule has 2 aromatic heterocycles. The summed E-state index contributed by atoms with van der Waals surface area (Å²) in [4.78, 5) is 19.3. The molecular weight excluding hydrogens is 328 g/mol. The minimum Gasteiger partial charge on any atom is -0.349 e. The Kier molecular flexibility index (Phi) is 5.26. The van der Waals surface area contributed by atoms with E-state index in [4.69, 9.17) is 0 Å². The summed E-state index contributed by atoms with van der Waals surface area (Å²) in [5.41, 5.74) is 2.74. The van der Waals surface area contributed by atoms with Crippen LogP contribution in [0.15, 0.2) is 30.6 Å². The van der Waals surface area contributed by atoms with Crippen molar-refractivity contribution in [3.63, 3.8) is 0 Å². The fraction of sp³-hybridized carbons (Fsp3) is 0.526. The monoisotopic (exact) mass is 354 g/mol. The normalized spacial score (nSPS) is 18.9. The van der Waals surface area contributed by atoms with Gasteiger partial charge in [0.2, 0.25) is 0 Å². The summed E-state index contributed by atoms with van der Waals surface area (Å²) in [7, 11) is 0. The first-order chi connectivity index (χ1) is 12.8. The van der Waals surface area contributed by atoms with Crippen LogP contribution in [0.4, 0.5) is 0 Å². The summed E-state index contributed by atoms with van der Waals surface area (Å²) in [6.45, 7) is 5.34. The number of hydrogen-bond donors (Lipinski definition) is 2. The molecule has 0 bridgehead atoms. The van der Waals surface area contributed by atoms with Gasteiger partial charge in [-0.05, 0) is 56.6 Å². The molecule has 2 aromatic rings. The van der Waals surface area contributed by atoms with Gasteiger partial charge >= 0.3 is 0 Å². The maximum atomic E-state index is 12.7. The predicted octanol–water partition coefficient (Wildman–Crippen LogP) is 1.34. The summed E-state index contributed by atoms with van der Waals surface area (Å²) in [6.07, 6.45) is 7.15. The van der Waals surface area contributed by atoms with Gasteiger partial charge in [0, 0.05) is 32.0 Å². The Balaban J connectivity index is 1.44. The molecule has 2 aliphatic heterocycles. The second-order valence-electron chi connectivity index (χ2n) is 7.03. The molecule has 0 aromatic carbocycles. The van der Waals surface area contributed by atoms with Crippen LogP contribution < -0.4 is 10.6 Å². The fourth-order valence-electron chi connectivity index (χ4n) is 3.84. The number of carbonyl (C=O) groups is 1. The molecule has 0 spiro atoms. The quantitative estimate of drug-likeness (QED) is 0.847. The molecule has 4 heterocycles. The predicted molar refractivity (Wildman–Crippen MR) is 98.7 cm³/mol. The smallest absolute Gasteiger partial charge is 0.271 e. The second-order valence-corrected chi connectivity index (χ2v) is 7.03. The minimum atomic E-state index is -0.0985. The van der Waals surface area contributed by atoms with Crippen molar-refractivity contribution in [2.75, 3.05) is 26.2 Å². The van der Waals surface area contributed by atoms with Crippen LogP contribution in [0.5, 0.6) is 0 Å². The molecule has 4 rings (SSSR count). The minimum absolute atomic E-state index is 0.0985. The molecule has 1 atom stereocenters. The molecule has 7 heteroatoms. The maximum absolute atomic E-state index is 12.7. The average molecular weight is 354 g/mol. The Morgan fingerprint density at radius 2 is 2.15 bits per heavy atom. The van der Waals surface area contributed by atoms with Crippen molar-refractivity contribution in [2.24, 2.45) is 0 Å². The zero-order chi connectivity index (χ0) is 17.8. The Labute approximate surface area is 153 Å². The number of hydrogen-bond acceptors (Lipinski definition) is 5. The lowest BCUT2D eigenvalue weighted by molar-refractivity contribution is 0.0932. The van der Waals surface area contributed by atoms with E-state index in [1.807, 2.05) is 23.0 Å². The Morgan fingerprint density at radius 3 is 2.96 bits per heavy atom. The van der Waals surface area contributed by atoms with Gasteiger partial charge in [-0.1, -0.05) is 6.07 Å². The number of aromatic nitrogens is 3. The third kappa shape index (κ3) is 3.78. The van der Waals surface area contributed by atoms with Crippen molar-refractivity contribution in [3.05, 3.63) is 47.5 Å².